The Morgan fingerprint density at radius 2 is 2.05 bits per heavy atom. The summed E-state index contributed by atoms with van der Waals surface area (Å²) in [5.74, 6) is -0.0679. The maximum Gasteiger partial charge on any atom is 0.406 e. The number of halogens is 3. The van der Waals surface area contributed by atoms with E-state index in [9.17, 15) is 18.0 Å². The van der Waals surface area contributed by atoms with E-state index in [4.69, 9.17) is 0 Å². The van der Waals surface area contributed by atoms with Crippen LogP contribution in [0.3, 0.4) is 0 Å². The number of hydrogen-bond acceptors (Lipinski definition) is 3. The summed E-state index contributed by atoms with van der Waals surface area (Å²) in [6.07, 6.45) is -2.18. The molecule has 1 aromatic heterocycles. The lowest BCUT2D eigenvalue weighted by molar-refractivity contribution is -0.140. The smallest absolute Gasteiger partial charge is 0.370 e. The fourth-order valence-corrected chi connectivity index (χ4v) is 1.60. The van der Waals surface area contributed by atoms with Crippen LogP contribution in [0.2, 0.25) is 0 Å². The Hall–Kier alpha value is -1.79. The van der Waals surface area contributed by atoms with E-state index in [1.54, 1.807) is 6.07 Å². The van der Waals surface area contributed by atoms with Crippen molar-refractivity contribution in [3.8, 4) is 0 Å². The number of nitrogens with one attached hydrogen (secondary N) is 1. The normalized spacial score (nSPS) is 11.2. The first-order valence-corrected chi connectivity index (χ1v) is 6.43. The molecule has 1 amide bonds. The van der Waals surface area contributed by atoms with Gasteiger partial charge in [0.25, 0.3) is 5.91 Å². The Morgan fingerprint density at radius 3 is 2.50 bits per heavy atom. The van der Waals surface area contributed by atoms with Gasteiger partial charge in [0.2, 0.25) is 0 Å². The molecule has 0 saturated heterocycles. The third-order valence-corrected chi connectivity index (χ3v) is 2.61. The molecule has 0 saturated carbocycles. The van der Waals surface area contributed by atoms with Gasteiger partial charge in [0, 0.05) is 19.3 Å². The maximum atomic E-state index is 12.4. The molecule has 1 N–H and O–H groups in total. The van der Waals surface area contributed by atoms with Crippen molar-refractivity contribution >= 4 is 11.7 Å². The van der Waals surface area contributed by atoms with E-state index in [0.29, 0.717) is 5.82 Å². The second-order valence-electron chi connectivity index (χ2n) is 4.29. The fourth-order valence-electron chi connectivity index (χ4n) is 1.60. The number of amides is 1. The fraction of sp³-hybridized carbons (Fsp3) is 0.538. The molecule has 0 aliphatic rings. The molecule has 1 rings (SSSR count). The number of rotatable bonds is 6. The topological polar surface area (TPSA) is 45.2 Å². The SMILES string of the molecule is CCCNc1ccc(C(=O)N(CC)CC(F)(F)F)cn1. The van der Waals surface area contributed by atoms with E-state index in [0.717, 1.165) is 17.9 Å². The predicted octanol–water partition coefficient (Wildman–Crippen LogP) is 2.93. The molecule has 112 valence electrons. The molecule has 7 heteroatoms. The molecule has 0 aromatic carbocycles. The van der Waals surface area contributed by atoms with Gasteiger partial charge < -0.3 is 10.2 Å². The highest BCUT2D eigenvalue weighted by atomic mass is 19.4. The predicted molar refractivity (Wildman–Crippen MR) is 70.7 cm³/mol. The Balaban J connectivity index is 2.75. The number of anilines is 1. The van der Waals surface area contributed by atoms with Crippen LogP contribution >= 0.6 is 0 Å². The van der Waals surface area contributed by atoms with Crippen molar-refractivity contribution in [3.63, 3.8) is 0 Å². The van der Waals surface area contributed by atoms with E-state index in [1.165, 1.54) is 19.2 Å². The van der Waals surface area contributed by atoms with Gasteiger partial charge in [0.15, 0.2) is 0 Å². The minimum Gasteiger partial charge on any atom is -0.370 e. The summed E-state index contributed by atoms with van der Waals surface area (Å²) in [5, 5.41) is 3.03. The van der Waals surface area contributed by atoms with Crippen molar-refractivity contribution in [1.29, 1.82) is 0 Å². The molecule has 4 nitrogen and oxygen atoms in total. The molecule has 20 heavy (non-hydrogen) atoms. The number of carbonyl (C=O) groups excluding carboxylic acids is 1. The summed E-state index contributed by atoms with van der Waals surface area (Å²) in [6.45, 7) is 3.00. The van der Waals surface area contributed by atoms with Gasteiger partial charge in [-0.25, -0.2) is 4.98 Å². The van der Waals surface area contributed by atoms with Gasteiger partial charge in [-0.3, -0.25) is 4.79 Å². The number of nitrogens with zero attached hydrogens (tertiary/aromatic N) is 2. The number of hydrogen-bond donors (Lipinski definition) is 1. The lowest BCUT2D eigenvalue weighted by Crippen LogP contribution is -2.38. The average molecular weight is 289 g/mol. The number of aromatic nitrogens is 1. The highest BCUT2D eigenvalue weighted by molar-refractivity contribution is 5.94. The zero-order valence-corrected chi connectivity index (χ0v) is 11.5. The van der Waals surface area contributed by atoms with Crippen LogP contribution in [-0.2, 0) is 0 Å². The number of alkyl halides is 3. The Labute approximate surface area is 116 Å². The van der Waals surface area contributed by atoms with Crippen LogP contribution < -0.4 is 5.32 Å². The third-order valence-electron chi connectivity index (χ3n) is 2.61. The van der Waals surface area contributed by atoms with Crippen molar-refractivity contribution in [1.82, 2.24) is 9.88 Å². The molecule has 0 bridgehead atoms. The van der Waals surface area contributed by atoms with Gasteiger partial charge in [0.1, 0.15) is 12.4 Å². The van der Waals surface area contributed by atoms with Gasteiger partial charge in [-0.05, 0) is 25.5 Å². The Kier molecular flexibility index (Phi) is 5.79. The molecule has 0 spiro atoms. The first-order chi connectivity index (χ1) is 9.37. The van der Waals surface area contributed by atoms with E-state index < -0.39 is 18.6 Å². The molecule has 1 aromatic rings. The highest BCUT2D eigenvalue weighted by Crippen LogP contribution is 2.18. The summed E-state index contributed by atoms with van der Waals surface area (Å²) in [5.41, 5.74) is 0.151. The van der Waals surface area contributed by atoms with Gasteiger partial charge >= 0.3 is 6.18 Å². The van der Waals surface area contributed by atoms with Crippen LogP contribution in [0.4, 0.5) is 19.0 Å². The van der Waals surface area contributed by atoms with Crippen molar-refractivity contribution in [2.75, 3.05) is 25.0 Å². The van der Waals surface area contributed by atoms with Crippen LogP contribution in [0.5, 0.6) is 0 Å². The minimum atomic E-state index is -4.40. The summed E-state index contributed by atoms with van der Waals surface area (Å²) < 4.78 is 37.1. The monoisotopic (exact) mass is 289 g/mol. The van der Waals surface area contributed by atoms with E-state index in [1.807, 2.05) is 6.92 Å². The maximum absolute atomic E-state index is 12.4. The van der Waals surface area contributed by atoms with Crippen LogP contribution in [0.1, 0.15) is 30.6 Å². The lowest BCUT2D eigenvalue weighted by atomic mass is 10.2. The van der Waals surface area contributed by atoms with Gasteiger partial charge in [0.05, 0.1) is 5.56 Å². The van der Waals surface area contributed by atoms with E-state index in [2.05, 4.69) is 10.3 Å². The van der Waals surface area contributed by atoms with Crippen molar-refractivity contribution < 1.29 is 18.0 Å². The first-order valence-electron chi connectivity index (χ1n) is 6.43. The van der Waals surface area contributed by atoms with Crippen molar-refractivity contribution in [3.05, 3.63) is 23.9 Å². The van der Waals surface area contributed by atoms with E-state index >= 15 is 0 Å². The summed E-state index contributed by atoms with van der Waals surface area (Å²) in [4.78, 5) is 16.7. The van der Waals surface area contributed by atoms with E-state index in [-0.39, 0.29) is 12.1 Å². The second-order valence-corrected chi connectivity index (χ2v) is 4.29. The molecule has 0 aliphatic carbocycles. The third kappa shape index (κ3) is 5.07. The Bertz CT molecular complexity index is 431. The number of pyridine rings is 1. The minimum absolute atomic E-state index is 0.00577. The van der Waals surface area contributed by atoms with Crippen LogP contribution in [-0.4, -0.2) is 41.6 Å². The second kappa shape index (κ2) is 7.12. The van der Waals surface area contributed by atoms with Crippen molar-refractivity contribution in [2.45, 2.75) is 26.4 Å². The van der Waals surface area contributed by atoms with Gasteiger partial charge in [-0.15, -0.1) is 0 Å². The van der Waals surface area contributed by atoms with Crippen LogP contribution in [0.15, 0.2) is 18.3 Å². The first kappa shape index (κ1) is 16.3. The molecule has 0 atom stereocenters. The highest BCUT2D eigenvalue weighted by Gasteiger charge is 2.32. The largest absolute Gasteiger partial charge is 0.406 e. The molecular weight excluding hydrogens is 271 g/mol. The summed E-state index contributed by atoms with van der Waals surface area (Å²) in [6, 6.07) is 3.07. The standard InChI is InChI=1S/C13H18F3N3O/c1-3-7-17-11-6-5-10(8-18-11)12(20)19(4-2)9-13(14,15)16/h5-6,8H,3-4,7,9H2,1-2H3,(H,17,18). The summed E-state index contributed by atoms with van der Waals surface area (Å²) >= 11 is 0. The van der Waals surface area contributed by atoms with Crippen LogP contribution in [0, 0.1) is 0 Å². The quantitative estimate of drug-likeness (QED) is 0.875. The molecule has 0 unspecified atom stereocenters. The molecule has 0 radical (unpaired) electrons. The molecule has 0 aliphatic heterocycles. The molecule has 1 heterocycles. The number of carbonyl (C=O) groups is 1. The molecule has 0 fully saturated rings. The van der Waals surface area contributed by atoms with Crippen molar-refractivity contribution in [2.24, 2.45) is 0 Å². The molecular formula is C13H18F3N3O. The summed E-state index contributed by atoms with van der Waals surface area (Å²) in [7, 11) is 0. The zero-order chi connectivity index (χ0) is 15.2. The lowest BCUT2D eigenvalue weighted by Gasteiger charge is -2.22. The van der Waals surface area contributed by atoms with Gasteiger partial charge in [-0.1, -0.05) is 6.92 Å². The van der Waals surface area contributed by atoms with Crippen LogP contribution in [0.25, 0.3) is 0 Å². The van der Waals surface area contributed by atoms with Gasteiger partial charge in [-0.2, -0.15) is 13.2 Å². The average Bonchev–Trinajstić information content (AvgIpc) is 2.41. The Morgan fingerprint density at radius 1 is 1.35 bits per heavy atom. The zero-order valence-electron chi connectivity index (χ0n) is 11.5.